The van der Waals surface area contributed by atoms with Crippen LogP contribution in [0.15, 0.2) is 0 Å². The molecular weight excluding hydrogens is 304 g/mol. The summed E-state index contributed by atoms with van der Waals surface area (Å²) in [4.78, 5) is 33.1. The van der Waals surface area contributed by atoms with E-state index in [0.717, 1.165) is 0 Å². The smallest absolute Gasteiger partial charge is 0.250 e. The molecule has 98 valence electrons. The zero-order chi connectivity index (χ0) is 13.9. The molecule has 1 aromatic rings. The molecule has 0 aliphatic carbocycles. The van der Waals surface area contributed by atoms with Gasteiger partial charge in [-0.3, -0.25) is 20.2 Å². The van der Waals surface area contributed by atoms with Gasteiger partial charge in [-0.25, -0.2) is 0 Å². The van der Waals surface area contributed by atoms with Gasteiger partial charge < -0.3 is 0 Å². The standard InChI is InChI=1S/C8H8Cl3N5O2/c1-3(17)12-6-14-5(8(9,10)11)15-7(16-6)13-4(2)18/h1-2H3,(H2,12,13,14,15,16,17,18). The Bertz CT molecular complexity index is 454. The van der Waals surface area contributed by atoms with Crippen LogP contribution in [0.4, 0.5) is 11.9 Å². The molecule has 0 fully saturated rings. The van der Waals surface area contributed by atoms with Crippen LogP contribution >= 0.6 is 34.8 Å². The molecule has 0 unspecified atom stereocenters. The topological polar surface area (TPSA) is 96.9 Å². The number of anilines is 2. The third-order valence-corrected chi connectivity index (χ3v) is 1.97. The van der Waals surface area contributed by atoms with Gasteiger partial charge in [0, 0.05) is 13.8 Å². The fraction of sp³-hybridized carbons (Fsp3) is 0.375. The second kappa shape index (κ2) is 5.64. The van der Waals surface area contributed by atoms with Crippen LogP contribution in [0.25, 0.3) is 0 Å². The van der Waals surface area contributed by atoms with Gasteiger partial charge in [-0.2, -0.15) is 15.0 Å². The summed E-state index contributed by atoms with van der Waals surface area (Å²) in [6.07, 6.45) is 0. The Labute approximate surface area is 117 Å². The molecule has 1 aromatic heterocycles. The van der Waals surface area contributed by atoms with Crippen molar-refractivity contribution in [3.63, 3.8) is 0 Å². The van der Waals surface area contributed by atoms with Crippen LogP contribution in [0.5, 0.6) is 0 Å². The average Bonchev–Trinajstić information content (AvgIpc) is 2.13. The second-order valence-electron chi connectivity index (χ2n) is 3.17. The van der Waals surface area contributed by atoms with Crippen LogP contribution in [0.1, 0.15) is 19.7 Å². The number of alkyl halides is 3. The van der Waals surface area contributed by atoms with E-state index in [1.165, 1.54) is 13.8 Å². The lowest BCUT2D eigenvalue weighted by atomic mass is 10.6. The zero-order valence-electron chi connectivity index (χ0n) is 9.29. The Kier molecular flexibility index (Phi) is 4.66. The van der Waals surface area contributed by atoms with Gasteiger partial charge in [-0.05, 0) is 0 Å². The van der Waals surface area contributed by atoms with Gasteiger partial charge in [0.05, 0.1) is 0 Å². The summed E-state index contributed by atoms with van der Waals surface area (Å²) in [6.45, 7) is 2.52. The highest BCUT2D eigenvalue weighted by Gasteiger charge is 2.28. The first-order chi connectivity index (χ1) is 8.18. The normalized spacial score (nSPS) is 10.9. The number of carbonyl (C=O) groups excluding carboxylic acids is 2. The third kappa shape index (κ3) is 4.59. The molecule has 10 heteroatoms. The van der Waals surface area contributed by atoms with Crippen LogP contribution in [0.2, 0.25) is 0 Å². The van der Waals surface area contributed by atoms with Crippen molar-refractivity contribution in [1.29, 1.82) is 0 Å². The van der Waals surface area contributed by atoms with Crippen LogP contribution in [-0.2, 0) is 13.4 Å². The minimum atomic E-state index is -1.90. The van der Waals surface area contributed by atoms with Gasteiger partial charge in [0.25, 0.3) is 0 Å². The number of amides is 2. The summed E-state index contributed by atoms with van der Waals surface area (Å²) in [5.74, 6) is -1.28. The van der Waals surface area contributed by atoms with E-state index in [1.807, 2.05) is 0 Å². The minimum absolute atomic E-state index is 0.123. The maximum atomic E-state index is 10.9. The molecule has 18 heavy (non-hydrogen) atoms. The Morgan fingerprint density at radius 3 is 1.61 bits per heavy atom. The third-order valence-electron chi connectivity index (χ3n) is 1.46. The van der Waals surface area contributed by atoms with E-state index in [4.69, 9.17) is 34.8 Å². The monoisotopic (exact) mass is 311 g/mol. The first-order valence-corrected chi connectivity index (χ1v) is 5.70. The summed E-state index contributed by atoms with van der Waals surface area (Å²) < 4.78 is -1.90. The minimum Gasteiger partial charge on any atom is -0.295 e. The maximum Gasteiger partial charge on any atom is 0.250 e. The molecule has 7 nitrogen and oxygen atoms in total. The van der Waals surface area contributed by atoms with Crippen LogP contribution in [0, 0.1) is 0 Å². The highest BCUT2D eigenvalue weighted by Crippen LogP contribution is 2.36. The van der Waals surface area contributed by atoms with Crippen LogP contribution < -0.4 is 10.6 Å². The van der Waals surface area contributed by atoms with Gasteiger partial charge >= 0.3 is 0 Å². The molecule has 0 spiro atoms. The van der Waals surface area contributed by atoms with Crippen molar-refractivity contribution in [2.45, 2.75) is 17.6 Å². The summed E-state index contributed by atoms with van der Waals surface area (Å²) in [7, 11) is 0. The number of hydrogen-bond acceptors (Lipinski definition) is 5. The van der Waals surface area contributed by atoms with Crippen molar-refractivity contribution in [3.05, 3.63) is 5.82 Å². The number of hydrogen-bond donors (Lipinski definition) is 2. The van der Waals surface area contributed by atoms with Crippen LogP contribution in [0.3, 0.4) is 0 Å². The van der Waals surface area contributed by atoms with E-state index in [0.29, 0.717) is 0 Å². The molecule has 0 aromatic carbocycles. The van der Waals surface area contributed by atoms with Crippen molar-refractivity contribution in [2.75, 3.05) is 10.6 Å². The predicted molar refractivity (Wildman–Crippen MR) is 67.7 cm³/mol. The lowest BCUT2D eigenvalue weighted by Gasteiger charge is -2.12. The first-order valence-electron chi connectivity index (χ1n) is 4.57. The van der Waals surface area contributed by atoms with Gasteiger partial charge in [0.1, 0.15) is 0 Å². The van der Waals surface area contributed by atoms with Gasteiger partial charge in [0.15, 0.2) is 5.82 Å². The fourth-order valence-electron chi connectivity index (χ4n) is 0.929. The van der Waals surface area contributed by atoms with Crippen molar-refractivity contribution in [3.8, 4) is 0 Å². The first kappa shape index (κ1) is 14.9. The molecule has 0 bridgehead atoms. The molecule has 1 rings (SSSR count). The van der Waals surface area contributed by atoms with E-state index < -0.39 is 15.6 Å². The zero-order valence-corrected chi connectivity index (χ0v) is 11.6. The van der Waals surface area contributed by atoms with Crippen molar-refractivity contribution in [2.24, 2.45) is 0 Å². The SMILES string of the molecule is CC(=O)Nc1nc(NC(C)=O)nc(C(Cl)(Cl)Cl)n1. The Hall–Kier alpha value is -1.18. The Morgan fingerprint density at radius 2 is 1.33 bits per heavy atom. The Morgan fingerprint density at radius 1 is 0.944 bits per heavy atom. The van der Waals surface area contributed by atoms with E-state index in [2.05, 4.69) is 25.6 Å². The summed E-state index contributed by atoms with van der Waals surface area (Å²) in [5, 5.41) is 4.61. The molecule has 0 atom stereocenters. The number of carbonyl (C=O) groups is 2. The summed E-state index contributed by atoms with van der Waals surface area (Å²) in [6, 6.07) is 0. The number of nitrogens with one attached hydrogen (secondary N) is 2. The fourth-order valence-corrected chi connectivity index (χ4v) is 1.18. The molecule has 1 heterocycles. The van der Waals surface area contributed by atoms with E-state index in [9.17, 15) is 9.59 Å². The summed E-state index contributed by atoms with van der Waals surface area (Å²) >= 11 is 16.9. The average molecular weight is 313 g/mol. The van der Waals surface area contributed by atoms with Gasteiger partial charge in [-0.1, -0.05) is 34.8 Å². The number of aromatic nitrogens is 3. The van der Waals surface area contributed by atoms with Gasteiger partial charge in [-0.15, -0.1) is 0 Å². The highest BCUT2D eigenvalue weighted by molar-refractivity contribution is 6.66. The molecule has 2 N–H and O–H groups in total. The van der Waals surface area contributed by atoms with E-state index in [1.54, 1.807) is 0 Å². The van der Waals surface area contributed by atoms with Crippen molar-refractivity contribution in [1.82, 2.24) is 15.0 Å². The molecular formula is C8H8Cl3N5O2. The quantitative estimate of drug-likeness (QED) is 0.809. The molecule has 0 saturated heterocycles. The Balaban J connectivity index is 3.19. The lowest BCUT2D eigenvalue weighted by molar-refractivity contribution is -0.115. The molecule has 0 radical (unpaired) electrons. The molecule has 0 aliphatic rings. The number of halogens is 3. The molecule has 0 saturated carbocycles. The van der Waals surface area contributed by atoms with Crippen molar-refractivity contribution >= 4 is 58.5 Å². The highest BCUT2D eigenvalue weighted by atomic mass is 35.6. The van der Waals surface area contributed by atoms with Crippen molar-refractivity contribution < 1.29 is 9.59 Å². The lowest BCUT2D eigenvalue weighted by Crippen LogP contribution is -2.18. The summed E-state index contributed by atoms with van der Waals surface area (Å²) in [5.41, 5.74) is 0. The number of nitrogens with zero attached hydrogens (tertiary/aromatic N) is 3. The van der Waals surface area contributed by atoms with Crippen LogP contribution in [-0.4, -0.2) is 26.8 Å². The largest absolute Gasteiger partial charge is 0.295 e. The van der Waals surface area contributed by atoms with E-state index >= 15 is 0 Å². The number of rotatable bonds is 2. The molecule has 0 aliphatic heterocycles. The maximum absolute atomic E-state index is 10.9. The predicted octanol–water partition coefficient (Wildman–Crippen LogP) is 1.62. The van der Waals surface area contributed by atoms with E-state index in [-0.39, 0.29) is 17.7 Å². The molecule has 2 amide bonds. The van der Waals surface area contributed by atoms with Gasteiger partial charge in [0.2, 0.25) is 27.5 Å². The second-order valence-corrected chi connectivity index (χ2v) is 5.45.